The summed E-state index contributed by atoms with van der Waals surface area (Å²) in [6.45, 7) is 5.15. The molecule has 0 saturated heterocycles. The molecule has 1 heterocycles. The van der Waals surface area contributed by atoms with Crippen molar-refractivity contribution in [2.45, 2.75) is 70.0 Å². The fourth-order valence-corrected chi connectivity index (χ4v) is 4.28. The van der Waals surface area contributed by atoms with Gasteiger partial charge < -0.3 is 5.32 Å². The van der Waals surface area contributed by atoms with Gasteiger partial charge in [-0.1, -0.05) is 32.6 Å². The standard InChI is InChI=1S/C14H26N4O2S/c1-3-15-10-13-11(2)16-17-14(13)21(19,20)18-12-8-6-4-5-7-9-12/h12,15,18H,3-10H2,1-2H3,(H,16,17). The number of aromatic amines is 1. The maximum absolute atomic E-state index is 12.6. The quantitative estimate of drug-likeness (QED) is 0.699. The van der Waals surface area contributed by atoms with E-state index in [-0.39, 0.29) is 11.1 Å². The Labute approximate surface area is 127 Å². The minimum Gasteiger partial charge on any atom is -0.313 e. The fourth-order valence-electron chi connectivity index (χ4n) is 2.78. The van der Waals surface area contributed by atoms with Crippen LogP contribution >= 0.6 is 0 Å². The lowest BCUT2D eigenvalue weighted by atomic mass is 10.1. The van der Waals surface area contributed by atoms with E-state index >= 15 is 0 Å². The molecule has 2 rings (SSSR count). The average Bonchev–Trinajstić information content (AvgIpc) is 2.64. The van der Waals surface area contributed by atoms with Crippen molar-refractivity contribution >= 4 is 10.0 Å². The summed E-state index contributed by atoms with van der Waals surface area (Å²) in [5.74, 6) is 0. The van der Waals surface area contributed by atoms with Crippen LogP contribution in [0.5, 0.6) is 0 Å². The molecule has 120 valence electrons. The van der Waals surface area contributed by atoms with Gasteiger partial charge in [-0.3, -0.25) is 5.10 Å². The zero-order valence-electron chi connectivity index (χ0n) is 12.9. The van der Waals surface area contributed by atoms with Gasteiger partial charge in [0.25, 0.3) is 10.0 Å². The van der Waals surface area contributed by atoms with Crippen molar-refractivity contribution in [3.05, 3.63) is 11.3 Å². The van der Waals surface area contributed by atoms with Crippen LogP contribution in [0.15, 0.2) is 5.03 Å². The Morgan fingerprint density at radius 3 is 2.52 bits per heavy atom. The molecule has 3 N–H and O–H groups in total. The molecule has 0 aliphatic heterocycles. The van der Waals surface area contributed by atoms with E-state index in [4.69, 9.17) is 0 Å². The monoisotopic (exact) mass is 314 g/mol. The molecule has 0 unspecified atom stereocenters. The lowest BCUT2D eigenvalue weighted by Crippen LogP contribution is -2.35. The number of nitrogens with zero attached hydrogens (tertiary/aromatic N) is 1. The molecular weight excluding hydrogens is 288 g/mol. The number of hydrogen-bond donors (Lipinski definition) is 3. The summed E-state index contributed by atoms with van der Waals surface area (Å²) in [6, 6.07) is 0.0430. The van der Waals surface area contributed by atoms with Gasteiger partial charge in [-0.25, -0.2) is 13.1 Å². The number of aryl methyl sites for hydroxylation is 1. The van der Waals surface area contributed by atoms with Gasteiger partial charge in [0.2, 0.25) is 0 Å². The van der Waals surface area contributed by atoms with Gasteiger partial charge in [0.1, 0.15) is 0 Å². The predicted molar refractivity (Wildman–Crippen MR) is 82.5 cm³/mol. The minimum absolute atomic E-state index is 0.0430. The third-order valence-electron chi connectivity index (χ3n) is 4.02. The first-order valence-corrected chi connectivity index (χ1v) is 9.29. The molecule has 0 spiro atoms. The first kappa shape index (κ1) is 16.5. The van der Waals surface area contributed by atoms with Crippen LogP contribution in [0.2, 0.25) is 0 Å². The Balaban J connectivity index is 2.14. The van der Waals surface area contributed by atoms with Crippen molar-refractivity contribution in [2.24, 2.45) is 0 Å². The fraction of sp³-hybridized carbons (Fsp3) is 0.786. The Bertz CT molecular complexity index is 545. The topological polar surface area (TPSA) is 86.9 Å². The molecule has 6 nitrogen and oxygen atoms in total. The van der Waals surface area contributed by atoms with Crippen LogP contribution in [0.4, 0.5) is 0 Å². The number of hydrogen-bond acceptors (Lipinski definition) is 4. The van der Waals surface area contributed by atoms with Crippen LogP contribution < -0.4 is 10.0 Å². The summed E-state index contributed by atoms with van der Waals surface area (Å²) >= 11 is 0. The zero-order chi connectivity index (χ0) is 15.3. The molecule has 1 aromatic heterocycles. The Morgan fingerprint density at radius 2 is 1.90 bits per heavy atom. The maximum Gasteiger partial charge on any atom is 0.260 e. The molecule has 1 aliphatic carbocycles. The van der Waals surface area contributed by atoms with Gasteiger partial charge >= 0.3 is 0 Å². The summed E-state index contributed by atoms with van der Waals surface area (Å²) in [7, 11) is -3.55. The van der Waals surface area contributed by atoms with Gasteiger partial charge in [0.15, 0.2) is 5.03 Å². The van der Waals surface area contributed by atoms with E-state index in [1.54, 1.807) is 0 Å². The number of aromatic nitrogens is 2. The number of sulfonamides is 1. The molecule has 0 radical (unpaired) electrons. The first-order valence-electron chi connectivity index (χ1n) is 7.81. The smallest absolute Gasteiger partial charge is 0.260 e. The molecule has 1 fully saturated rings. The molecule has 21 heavy (non-hydrogen) atoms. The van der Waals surface area contributed by atoms with E-state index in [2.05, 4.69) is 20.2 Å². The van der Waals surface area contributed by atoms with E-state index in [0.29, 0.717) is 6.54 Å². The highest BCUT2D eigenvalue weighted by Gasteiger charge is 2.26. The van der Waals surface area contributed by atoms with E-state index in [1.807, 2.05) is 13.8 Å². The molecule has 0 aromatic carbocycles. The molecule has 0 bridgehead atoms. The van der Waals surface area contributed by atoms with Gasteiger partial charge in [0.05, 0.1) is 0 Å². The van der Waals surface area contributed by atoms with Crippen LogP contribution in [-0.2, 0) is 16.6 Å². The van der Waals surface area contributed by atoms with E-state index in [1.165, 1.54) is 12.8 Å². The van der Waals surface area contributed by atoms with Crippen molar-refractivity contribution in [2.75, 3.05) is 6.54 Å². The van der Waals surface area contributed by atoms with Crippen molar-refractivity contribution in [3.8, 4) is 0 Å². The van der Waals surface area contributed by atoms with Crippen molar-refractivity contribution in [1.82, 2.24) is 20.2 Å². The SMILES string of the molecule is CCNCc1c(S(=O)(=O)NC2CCCCCC2)n[nH]c1C. The molecule has 0 amide bonds. The van der Waals surface area contributed by atoms with Crippen LogP contribution in [0.25, 0.3) is 0 Å². The molecular formula is C14H26N4O2S. The maximum atomic E-state index is 12.6. The lowest BCUT2D eigenvalue weighted by Gasteiger charge is -2.16. The summed E-state index contributed by atoms with van der Waals surface area (Å²) in [5, 5.41) is 10.1. The second-order valence-corrected chi connectivity index (χ2v) is 7.35. The molecule has 1 aliphatic rings. The normalized spacial score (nSPS) is 17.8. The highest BCUT2D eigenvalue weighted by molar-refractivity contribution is 7.89. The van der Waals surface area contributed by atoms with Crippen molar-refractivity contribution in [1.29, 1.82) is 0 Å². The summed E-state index contributed by atoms with van der Waals surface area (Å²) in [4.78, 5) is 0. The van der Waals surface area contributed by atoms with E-state index < -0.39 is 10.0 Å². The van der Waals surface area contributed by atoms with E-state index in [9.17, 15) is 8.42 Å². The minimum atomic E-state index is -3.55. The van der Waals surface area contributed by atoms with Gasteiger partial charge in [-0.05, 0) is 26.3 Å². The van der Waals surface area contributed by atoms with E-state index in [0.717, 1.165) is 43.5 Å². The zero-order valence-corrected chi connectivity index (χ0v) is 13.7. The second-order valence-electron chi connectivity index (χ2n) is 5.72. The number of rotatable bonds is 6. The third-order valence-corrected chi connectivity index (χ3v) is 5.51. The van der Waals surface area contributed by atoms with Gasteiger partial charge in [0, 0.05) is 23.8 Å². The van der Waals surface area contributed by atoms with Gasteiger partial charge in [-0.15, -0.1) is 0 Å². The summed E-state index contributed by atoms with van der Waals surface area (Å²) < 4.78 is 28.0. The highest BCUT2D eigenvalue weighted by atomic mass is 32.2. The summed E-state index contributed by atoms with van der Waals surface area (Å²) in [6.07, 6.45) is 6.43. The lowest BCUT2D eigenvalue weighted by molar-refractivity contribution is 0.507. The first-order chi connectivity index (χ1) is 10.0. The molecule has 1 saturated carbocycles. The number of H-pyrrole nitrogens is 1. The van der Waals surface area contributed by atoms with Crippen LogP contribution in [0.1, 0.15) is 56.7 Å². The average molecular weight is 314 g/mol. The van der Waals surface area contributed by atoms with Crippen molar-refractivity contribution in [3.63, 3.8) is 0 Å². The Kier molecular flexibility index (Phi) is 5.78. The largest absolute Gasteiger partial charge is 0.313 e. The van der Waals surface area contributed by atoms with Crippen LogP contribution in [0, 0.1) is 6.92 Å². The van der Waals surface area contributed by atoms with Gasteiger partial charge in [-0.2, -0.15) is 5.10 Å². The third kappa shape index (κ3) is 4.28. The summed E-state index contributed by atoms with van der Waals surface area (Å²) in [5.41, 5.74) is 1.54. The highest BCUT2D eigenvalue weighted by Crippen LogP contribution is 2.21. The van der Waals surface area contributed by atoms with Crippen molar-refractivity contribution < 1.29 is 8.42 Å². The molecule has 1 aromatic rings. The number of nitrogens with one attached hydrogen (secondary N) is 3. The second kappa shape index (κ2) is 7.38. The van der Waals surface area contributed by atoms with Crippen LogP contribution in [-0.4, -0.2) is 31.2 Å². The molecule has 0 atom stereocenters. The predicted octanol–water partition coefficient (Wildman–Crippen LogP) is 1.83. The Hall–Kier alpha value is -0.920. The van der Waals surface area contributed by atoms with Crippen LogP contribution in [0.3, 0.4) is 0 Å². The Morgan fingerprint density at radius 1 is 1.24 bits per heavy atom. The molecule has 7 heteroatoms.